The van der Waals surface area contributed by atoms with Crippen LogP contribution in [-0.2, 0) is 0 Å². The molecule has 0 amide bonds. The van der Waals surface area contributed by atoms with Gasteiger partial charge in [-0.15, -0.1) is 5.10 Å². The molecular formula is C18H19N5O. The molecule has 2 bridgehead atoms. The first-order valence-electron chi connectivity index (χ1n) is 8.31. The first kappa shape index (κ1) is 13.8. The molecule has 2 saturated heterocycles. The van der Waals surface area contributed by atoms with Crippen LogP contribution in [0.1, 0.15) is 6.42 Å². The predicted molar refractivity (Wildman–Crippen MR) is 92.5 cm³/mol. The summed E-state index contributed by atoms with van der Waals surface area (Å²) in [7, 11) is 1.69. The van der Waals surface area contributed by atoms with E-state index in [1.54, 1.807) is 7.11 Å². The summed E-state index contributed by atoms with van der Waals surface area (Å²) in [6.45, 7) is 2.08. The Balaban J connectivity index is 1.62. The van der Waals surface area contributed by atoms with Crippen molar-refractivity contribution in [1.29, 1.82) is 0 Å². The molecule has 0 radical (unpaired) electrons. The van der Waals surface area contributed by atoms with Gasteiger partial charge in [-0.1, -0.05) is 12.1 Å². The second kappa shape index (κ2) is 5.21. The fraction of sp³-hybridized carbons (Fsp3) is 0.333. The van der Waals surface area contributed by atoms with Gasteiger partial charge in [0, 0.05) is 30.7 Å². The number of fused-ring (bicyclic) bond motifs is 3. The van der Waals surface area contributed by atoms with Gasteiger partial charge in [0.15, 0.2) is 5.65 Å². The third kappa shape index (κ3) is 1.99. The maximum absolute atomic E-state index is 5.50. The van der Waals surface area contributed by atoms with Gasteiger partial charge in [-0.25, -0.2) is 9.50 Å². The summed E-state index contributed by atoms with van der Waals surface area (Å²) in [4.78, 5) is 6.91. The third-order valence-corrected chi connectivity index (χ3v) is 5.08. The van der Waals surface area contributed by atoms with E-state index in [1.807, 2.05) is 41.0 Å². The van der Waals surface area contributed by atoms with Gasteiger partial charge in [0.1, 0.15) is 11.6 Å². The smallest absolute Gasteiger partial charge is 0.154 e. The van der Waals surface area contributed by atoms with E-state index in [4.69, 9.17) is 9.84 Å². The minimum Gasteiger partial charge on any atom is -0.496 e. The van der Waals surface area contributed by atoms with Gasteiger partial charge in [-0.05, 0) is 30.7 Å². The van der Waals surface area contributed by atoms with Crippen molar-refractivity contribution in [2.75, 3.05) is 25.1 Å². The molecule has 0 spiro atoms. The van der Waals surface area contributed by atoms with E-state index >= 15 is 0 Å². The molecule has 2 atom stereocenters. The highest BCUT2D eigenvalue weighted by Gasteiger charge is 2.38. The second-order valence-electron chi connectivity index (χ2n) is 6.45. The number of methoxy groups -OCH3 is 1. The third-order valence-electron chi connectivity index (χ3n) is 5.08. The predicted octanol–water partition coefficient (Wildman–Crippen LogP) is 1.96. The van der Waals surface area contributed by atoms with Crippen LogP contribution in [0.25, 0.3) is 16.9 Å². The van der Waals surface area contributed by atoms with E-state index in [2.05, 4.69) is 21.3 Å². The Kier molecular flexibility index (Phi) is 2.99. The second-order valence-corrected chi connectivity index (χ2v) is 6.45. The highest BCUT2D eigenvalue weighted by Crippen LogP contribution is 2.32. The van der Waals surface area contributed by atoms with Gasteiger partial charge >= 0.3 is 0 Å². The van der Waals surface area contributed by atoms with E-state index in [0.717, 1.165) is 41.6 Å². The van der Waals surface area contributed by atoms with Crippen molar-refractivity contribution in [2.45, 2.75) is 18.5 Å². The number of benzene rings is 1. The van der Waals surface area contributed by atoms with Crippen LogP contribution in [0.4, 0.5) is 5.82 Å². The monoisotopic (exact) mass is 321 g/mol. The molecule has 2 aromatic heterocycles. The summed E-state index contributed by atoms with van der Waals surface area (Å²) in [6, 6.07) is 13.3. The quantitative estimate of drug-likeness (QED) is 0.799. The lowest BCUT2D eigenvalue weighted by atomic mass is 10.1. The maximum Gasteiger partial charge on any atom is 0.154 e. The summed E-state index contributed by atoms with van der Waals surface area (Å²) >= 11 is 0. The lowest BCUT2D eigenvalue weighted by Crippen LogP contribution is -2.44. The number of rotatable bonds is 3. The molecule has 2 unspecified atom stereocenters. The molecule has 24 heavy (non-hydrogen) atoms. The Bertz CT molecular complexity index is 905. The molecule has 4 heterocycles. The number of hydrogen-bond acceptors (Lipinski definition) is 5. The van der Waals surface area contributed by atoms with Gasteiger partial charge in [0.25, 0.3) is 0 Å². The van der Waals surface area contributed by atoms with Crippen molar-refractivity contribution < 1.29 is 4.74 Å². The molecule has 3 aromatic rings. The Morgan fingerprint density at radius 1 is 1.21 bits per heavy atom. The number of piperazine rings is 1. The van der Waals surface area contributed by atoms with Crippen LogP contribution < -0.4 is 15.0 Å². The van der Waals surface area contributed by atoms with Crippen molar-refractivity contribution in [1.82, 2.24) is 19.9 Å². The van der Waals surface area contributed by atoms with Gasteiger partial charge < -0.3 is 15.0 Å². The minimum atomic E-state index is 0.554. The number of nitrogens with zero attached hydrogens (tertiary/aromatic N) is 4. The highest BCUT2D eigenvalue weighted by atomic mass is 16.5. The normalized spacial score (nSPS) is 22.5. The van der Waals surface area contributed by atoms with Gasteiger partial charge in [-0.3, -0.25) is 0 Å². The van der Waals surface area contributed by atoms with E-state index in [9.17, 15) is 0 Å². The first-order chi connectivity index (χ1) is 11.8. The molecule has 1 aromatic carbocycles. The summed E-state index contributed by atoms with van der Waals surface area (Å²) in [5.41, 5.74) is 2.80. The fourth-order valence-corrected chi connectivity index (χ4v) is 3.90. The number of para-hydroxylation sites is 1. The van der Waals surface area contributed by atoms with Crippen LogP contribution in [0.3, 0.4) is 0 Å². The number of ether oxygens (including phenoxy) is 1. The number of imidazole rings is 1. The molecule has 5 rings (SSSR count). The highest BCUT2D eigenvalue weighted by molar-refractivity contribution is 5.70. The minimum absolute atomic E-state index is 0.554. The molecule has 2 aliphatic heterocycles. The Labute approximate surface area is 140 Å². The van der Waals surface area contributed by atoms with Crippen molar-refractivity contribution in [3.63, 3.8) is 0 Å². The van der Waals surface area contributed by atoms with Crippen molar-refractivity contribution in [3.05, 3.63) is 42.6 Å². The average molecular weight is 321 g/mol. The van der Waals surface area contributed by atoms with Crippen molar-refractivity contribution in [3.8, 4) is 17.0 Å². The zero-order valence-corrected chi connectivity index (χ0v) is 13.5. The molecule has 1 N–H and O–H groups in total. The summed E-state index contributed by atoms with van der Waals surface area (Å²) in [5.74, 6) is 1.85. The van der Waals surface area contributed by atoms with Crippen molar-refractivity contribution in [2.24, 2.45) is 0 Å². The van der Waals surface area contributed by atoms with Gasteiger partial charge in [0.05, 0.1) is 19.0 Å². The molecule has 0 aliphatic carbocycles. The standard InChI is InChI=1S/C18H19N5O/c1-24-16-5-3-2-4-14(16)15-10-20-17-6-7-18(21-23(15)17)22-11-12-8-13(22)9-19-12/h2-7,10,12-13,19H,8-9,11H2,1H3. The Hall–Kier alpha value is -2.60. The summed E-state index contributed by atoms with van der Waals surface area (Å²) < 4.78 is 7.42. The summed E-state index contributed by atoms with van der Waals surface area (Å²) in [6.07, 6.45) is 3.07. The number of aromatic nitrogens is 3. The zero-order chi connectivity index (χ0) is 16.1. The molecule has 6 nitrogen and oxygen atoms in total. The van der Waals surface area contributed by atoms with Crippen LogP contribution in [0, 0.1) is 0 Å². The lowest BCUT2D eigenvalue weighted by molar-refractivity contribution is 0.416. The largest absolute Gasteiger partial charge is 0.496 e. The first-order valence-corrected chi connectivity index (χ1v) is 8.31. The number of hydrogen-bond donors (Lipinski definition) is 1. The Morgan fingerprint density at radius 3 is 2.92 bits per heavy atom. The molecule has 2 aliphatic rings. The van der Waals surface area contributed by atoms with Crippen molar-refractivity contribution >= 4 is 11.5 Å². The molecule has 2 fully saturated rings. The topological polar surface area (TPSA) is 54.7 Å². The molecule has 0 saturated carbocycles. The lowest BCUT2D eigenvalue weighted by Gasteiger charge is -2.28. The van der Waals surface area contributed by atoms with Crippen LogP contribution in [-0.4, -0.2) is 46.9 Å². The molecule has 6 heteroatoms. The molecule has 122 valence electrons. The fourth-order valence-electron chi connectivity index (χ4n) is 3.90. The number of nitrogens with one attached hydrogen (secondary N) is 1. The van der Waals surface area contributed by atoms with Crippen LogP contribution in [0.2, 0.25) is 0 Å². The average Bonchev–Trinajstić information content (AvgIpc) is 3.36. The molecular weight excluding hydrogens is 302 g/mol. The van der Waals surface area contributed by atoms with Crippen LogP contribution in [0.5, 0.6) is 5.75 Å². The SMILES string of the molecule is COc1ccccc1-c1cnc2ccc(N3CC4CC3CN4)nn12. The van der Waals surface area contributed by atoms with E-state index in [0.29, 0.717) is 12.1 Å². The van der Waals surface area contributed by atoms with Gasteiger partial charge in [0.2, 0.25) is 0 Å². The van der Waals surface area contributed by atoms with E-state index in [1.165, 1.54) is 6.42 Å². The van der Waals surface area contributed by atoms with E-state index < -0.39 is 0 Å². The Morgan fingerprint density at radius 2 is 2.12 bits per heavy atom. The van der Waals surface area contributed by atoms with Crippen LogP contribution >= 0.6 is 0 Å². The van der Waals surface area contributed by atoms with E-state index in [-0.39, 0.29) is 0 Å². The van der Waals surface area contributed by atoms with Crippen LogP contribution in [0.15, 0.2) is 42.6 Å². The summed E-state index contributed by atoms with van der Waals surface area (Å²) in [5, 5.41) is 8.42. The maximum atomic E-state index is 5.50. The van der Waals surface area contributed by atoms with Gasteiger partial charge in [-0.2, -0.15) is 0 Å². The zero-order valence-electron chi connectivity index (χ0n) is 13.5. The number of anilines is 1.